The number of fused-ring (bicyclic) bond motifs is 1. The topological polar surface area (TPSA) is 97.6 Å². The van der Waals surface area contributed by atoms with E-state index in [-0.39, 0.29) is 11.8 Å². The van der Waals surface area contributed by atoms with Crippen LogP contribution in [0.5, 0.6) is 11.5 Å². The fourth-order valence-electron chi connectivity index (χ4n) is 3.10. The highest BCUT2D eigenvalue weighted by molar-refractivity contribution is 6.06. The molecular weight excluding hydrogens is 408 g/mol. The van der Waals surface area contributed by atoms with Crippen LogP contribution < -0.4 is 10.1 Å². The van der Waals surface area contributed by atoms with Crippen LogP contribution in [-0.2, 0) is 0 Å². The number of amides is 2. The summed E-state index contributed by atoms with van der Waals surface area (Å²) in [6.07, 6.45) is 1.68. The van der Waals surface area contributed by atoms with E-state index in [1.165, 1.54) is 4.90 Å². The first-order chi connectivity index (χ1) is 15.3. The third-order valence-electron chi connectivity index (χ3n) is 4.71. The molecule has 0 saturated carbocycles. The Hall–Kier alpha value is -4.20. The molecule has 0 atom stereocenters. The lowest BCUT2D eigenvalue weighted by Gasteiger charge is -2.11. The number of aromatic nitrogens is 2. The van der Waals surface area contributed by atoms with E-state index in [0.717, 1.165) is 5.56 Å². The highest BCUT2D eigenvalue weighted by Crippen LogP contribution is 2.32. The molecular formula is C24H22N4O4. The van der Waals surface area contributed by atoms with Gasteiger partial charge in [0.1, 0.15) is 17.1 Å². The summed E-state index contributed by atoms with van der Waals surface area (Å²) in [7, 11) is 3.39. The molecule has 8 nitrogen and oxygen atoms in total. The minimum atomic E-state index is -0.347. The Morgan fingerprint density at radius 3 is 2.41 bits per heavy atom. The number of carbonyl (C=O) groups is 2. The van der Waals surface area contributed by atoms with E-state index >= 15 is 0 Å². The third-order valence-corrected chi connectivity index (χ3v) is 4.71. The van der Waals surface area contributed by atoms with Gasteiger partial charge in [0.2, 0.25) is 0 Å². The number of anilines is 1. The van der Waals surface area contributed by atoms with Crippen LogP contribution in [0.25, 0.3) is 11.1 Å². The maximum atomic E-state index is 12.8. The summed E-state index contributed by atoms with van der Waals surface area (Å²) in [4.78, 5) is 35.0. The minimum absolute atomic E-state index is 0.104. The highest BCUT2D eigenvalue weighted by atomic mass is 16.5. The predicted octanol–water partition coefficient (Wildman–Crippen LogP) is 4.59. The Kier molecular flexibility index (Phi) is 5.59. The zero-order valence-corrected chi connectivity index (χ0v) is 18.2. The van der Waals surface area contributed by atoms with Crippen molar-refractivity contribution in [2.45, 2.75) is 13.8 Å². The van der Waals surface area contributed by atoms with Crippen LogP contribution in [0.4, 0.5) is 5.82 Å². The minimum Gasteiger partial charge on any atom is -0.453 e. The van der Waals surface area contributed by atoms with Crippen molar-refractivity contribution in [1.82, 2.24) is 14.9 Å². The zero-order valence-electron chi connectivity index (χ0n) is 18.2. The van der Waals surface area contributed by atoms with Gasteiger partial charge in [-0.3, -0.25) is 9.59 Å². The molecule has 8 heteroatoms. The predicted molar refractivity (Wildman–Crippen MR) is 120 cm³/mol. The molecule has 0 aliphatic heterocycles. The van der Waals surface area contributed by atoms with Gasteiger partial charge >= 0.3 is 0 Å². The second-order valence-corrected chi connectivity index (χ2v) is 7.56. The number of oxazole rings is 1. The maximum Gasteiger partial charge on any atom is 0.257 e. The molecule has 2 aromatic heterocycles. The number of pyridine rings is 1. The summed E-state index contributed by atoms with van der Waals surface area (Å²) in [6, 6.07) is 13.6. The van der Waals surface area contributed by atoms with Gasteiger partial charge in [-0.1, -0.05) is 6.07 Å². The molecule has 1 N–H and O–H groups in total. The molecule has 2 aromatic carbocycles. The number of aryl methyl sites for hydroxylation is 2. The Balaban J connectivity index is 1.64. The molecule has 0 spiro atoms. The monoisotopic (exact) mass is 430 g/mol. The van der Waals surface area contributed by atoms with Gasteiger partial charge in [0.25, 0.3) is 11.8 Å². The molecule has 4 aromatic rings. The van der Waals surface area contributed by atoms with Crippen molar-refractivity contribution < 1.29 is 18.7 Å². The molecule has 0 fully saturated rings. The Morgan fingerprint density at radius 2 is 1.75 bits per heavy atom. The van der Waals surface area contributed by atoms with Crippen molar-refractivity contribution in [3.63, 3.8) is 0 Å². The molecule has 2 amide bonds. The number of ether oxygens (including phenoxy) is 1. The fourth-order valence-corrected chi connectivity index (χ4v) is 3.10. The first kappa shape index (κ1) is 21.0. The van der Waals surface area contributed by atoms with Crippen LogP contribution in [-0.4, -0.2) is 40.8 Å². The number of carbonyl (C=O) groups excluding carboxylic acids is 2. The smallest absolute Gasteiger partial charge is 0.257 e. The van der Waals surface area contributed by atoms with Crippen molar-refractivity contribution in [2.75, 3.05) is 19.4 Å². The normalized spacial score (nSPS) is 10.8. The largest absolute Gasteiger partial charge is 0.453 e. The number of benzene rings is 2. The zero-order chi connectivity index (χ0) is 22.8. The van der Waals surface area contributed by atoms with Crippen LogP contribution in [0.3, 0.4) is 0 Å². The van der Waals surface area contributed by atoms with Gasteiger partial charge in [-0.05, 0) is 55.0 Å². The first-order valence-electron chi connectivity index (χ1n) is 9.95. The van der Waals surface area contributed by atoms with Gasteiger partial charge in [-0.25, -0.2) is 9.97 Å². The summed E-state index contributed by atoms with van der Waals surface area (Å²) in [5, 5.41) is 2.77. The Morgan fingerprint density at radius 1 is 1.00 bits per heavy atom. The van der Waals surface area contributed by atoms with E-state index < -0.39 is 0 Å². The van der Waals surface area contributed by atoms with E-state index in [4.69, 9.17) is 9.15 Å². The summed E-state index contributed by atoms with van der Waals surface area (Å²) < 4.78 is 11.7. The molecule has 0 aliphatic carbocycles. The lowest BCUT2D eigenvalue weighted by molar-refractivity contribution is 0.0827. The summed E-state index contributed by atoms with van der Waals surface area (Å²) in [5.74, 6) is 1.29. The first-order valence-corrected chi connectivity index (χ1v) is 9.95. The second-order valence-electron chi connectivity index (χ2n) is 7.56. The number of nitrogens with one attached hydrogen (secondary N) is 1. The molecule has 162 valence electrons. The third kappa shape index (κ3) is 4.44. The molecule has 0 unspecified atom stereocenters. The lowest BCUT2D eigenvalue weighted by atomic mass is 10.1. The molecule has 0 bridgehead atoms. The van der Waals surface area contributed by atoms with Crippen molar-refractivity contribution in [1.29, 1.82) is 0 Å². The fraction of sp³-hybridized carbons (Fsp3) is 0.167. The number of hydrogen-bond acceptors (Lipinski definition) is 6. The molecule has 0 radical (unpaired) electrons. The van der Waals surface area contributed by atoms with Gasteiger partial charge in [0.15, 0.2) is 17.2 Å². The van der Waals surface area contributed by atoms with Gasteiger partial charge < -0.3 is 19.4 Å². The van der Waals surface area contributed by atoms with E-state index in [1.807, 2.05) is 13.0 Å². The standard InChI is InChI=1S/C24H22N4O4/c1-14-5-10-21(25-13-14)27-23(29)17-11-19-22(31-15(2)26-19)20(12-17)32-18-8-6-16(7-9-18)24(30)28(3)4/h5-13H,1-4H3,(H,25,27,29). The quantitative estimate of drug-likeness (QED) is 0.497. The van der Waals surface area contributed by atoms with Crippen molar-refractivity contribution in [3.05, 3.63) is 77.3 Å². The van der Waals surface area contributed by atoms with Gasteiger partial charge in [0, 0.05) is 38.3 Å². The summed E-state index contributed by atoms with van der Waals surface area (Å²) >= 11 is 0. The van der Waals surface area contributed by atoms with E-state index in [1.54, 1.807) is 69.7 Å². The van der Waals surface area contributed by atoms with Crippen molar-refractivity contribution in [2.24, 2.45) is 0 Å². The SMILES string of the molecule is Cc1ccc(NC(=O)c2cc(Oc3ccc(C(=O)N(C)C)cc3)c3oc(C)nc3c2)nc1. The maximum absolute atomic E-state index is 12.8. The Labute approximate surface area is 184 Å². The molecule has 4 rings (SSSR count). The van der Waals surface area contributed by atoms with Crippen LogP contribution in [0.1, 0.15) is 32.2 Å². The van der Waals surface area contributed by atoms with Crippen molar-refractivity contribution >= 4 is 28.7 Å². The van der Waals surface area contributed by atoms with Gasteiger partial charge in [-0.2, -0.15) is 0 Å². The van der Waals surface area contributed by atoms with Crippen LogP contribution in [0, 0.1) is 13.8 Å². The molecule has 0 saturated heterocycles. The Bertz CT molecular complexity index is 1290. The molecule has 2 heterocycles. The van der Waals surface area contributed by atoms with Crippen LogP contribution in [0.15, 0.2) is 59.1 Å². The van der Waals surface area contributed by atoms with Gasteiger partial charge in [0.05, 0.1) is 0 Å². The van der Waals surface area contributed by atoms with Gasteiger partial charge in [-0.15, -0.1) is 0 Å². The molecule has 32 heavy (non-hydrogen) atoms. The van der Waals surface area contributed by atoms with E-state index in [0.29, 0.717) is 45.4 Å². The summed E-state index contributed by atoms with van der Waals surface area (Å²) in [5.41, 5.74) is 2.82. The second kappa shape index (κ2) is 8.50. The van der Waals surface area contributed by atoms with Crippen LogP contribution >= 0.6 is 0 Å². The van der Waals surface area contributed by atoms with Crippen molar-refractivity contribution in [3.8, 4) is 11.5 Å². The summed E-state index contributed by atoms with van der Waals surface area (Å²) in [6.45, 7) is 3.65. The van der Waals surface area contributed by atoms with E-state index in [9.17, 15) is 9.59 Å². The van der Waals surface area contributed by atoms with E-state index in [2.05, 4.69) is 15.3 Å². The average molecular weight is 430 g/mol. The number of rotatable bonds is 5. The lowest BCUT2D eigenvalue weighted by Crippen LogP contribution is -2.21. The molecule has 0 aliphatic rings. The average Bonchev–Trinajstić information content (AvgIpc) is 3.15. The number of nitrogens with zero attached hydrogens (tertiary/aromatic N) is 3. The number of hydrogen-bond donors (Lipinski definition) is 1. The highest BCUT2D eigenvalue weighted by Gasteiger charge is 2.17. The van der Waals surface area contributed by atoms with Crippen LogP contribution in [0.2, 0.25) is 0 Å².